The number of amides is 1. The van der Waals surface area contributed by atoms with E-state index in [2.05, 4.69) is 70.6 Å². The summed E-state index contributed by atoms with van der Waals surface area (Å²) in [6, 6.07) is 11.7. The zero-order valence-corrected chi connectivity index (χ0v) is 27.0. The predicted molar refractivity (Wildman–Crippen MR) is 170 cm³/mol. The summed E-state index contributed by atoms with van der Waals surface area (Å²) >= 11 is 3.33. The summed E-state index contributed by atoms with van der Waals surface area (Å²) in [5.74, 6) is 0.494. The zero-order valence-electron chi connectivity index (χ0n) is 25.4. The van der Waals surface area contributed by atoms with Gasteiger partial charge in [-0.25, -0.2) is 9.18 Å². The lowest BCUT2D eigenvalue weighted by Crippen LogP contribution is -2.25. The van der Waals surface area contributed by atoms with Crippen molar-refractivity contribution in [1.29, 1.82) is 0 Å². The Hall–Kier alpha value is -4.70. The van der Waals surface area contributed by atoms with Gasteiger partial charge in [-0.1, -0.05) is 32.8 Å². The van der Waals surface area contributed by atoms with Crippen molar-refractivity contribution < 1.29 is 19.0 Å². The number of anilines is 1. The van der Waals surface area contributed by atoms with Crippen molar-refractivity contribution in [2.24, 2.45) is 0 Å². The van der Waals surface area contributed by atoms with Crippen LogP contribution in [0, 0.1) is 5.82 Å². The summed E-state index contributed by atoms with van der Waals surface area (Å²) in [5.41, 5.74) is 2.59. The average Bonchev–Trinajstić information content (AvgIpc) is 3.84. The molecule has 1 fully saturated rings. The van der Waals surface area contributed by atoms with Crippen LogP contribution in [0.5, 0.6) is 0 Å². The van der Waals surface area contributed by atoms with E-state index in [9.17, 15) is 9.18 Å². The number of benzene rings is 1. The van der Waals surface area contributed by atoms with Gasteiger partial charge >= 0.3 is 6.09 Å². The summed E-state index contributed by atoms with van der Waals surface area (Å²) in [6.45, 7) is 5.63. The van der Waals surface area contributed by atoms with Gasteiger partial charge in [0, 0.05) is 28.0 Å². The number of halogens is 2. The Morgan fingerprint density at radius 3 is 2.04 bits per heavy atom. The third kappa shape index (κ3) is 8.11. The van der Waals surface area contributed by atoms with Crippen molar-refractivity contribution in [3.8, 4) is 34.2 Å². The lowest BCUT2D eigenvalue weighted by molar-refractivity contribution is 0.0963. The number of carbonyl (C=O) groups is 1. The summed E-state index contributed by atoms with van der Waals surface area (Å²) < 4.78 is 20.7. The van der Waals surface area contributed by atoms with Gasteiger partial charge < -0.3 is 9.84 Å². The second kappa shape index (κ2) is 15.5. The normalized spacial score (nSPS) is 14.2. The Bertz CT molecular complexity index is 1730. The molecule has 1 aliphatic rings. The molecule has 1 aromatic carbocycles. The summed E-state index contributed by atoms with van der Waals surface area (Å²) in [7, 11) is 0. The maximum Gasteiger partial charge on any atom is 0.414 e. The smallest absolute Gasteiger partial charge is 0.414 e. The number of carbonyl (C=O) groups excluding carboxylic acids is 1. The van der Waals surface area contributed by atoms with Crippen molar-refractivity contribution in [3.05, 3.63) is 65.1 Å². The van der Waals surface area contributed by atoms with Gasteiger partial charge in [0.2, 0.25) is 11.6 Å². The van der Waals surface area contributed by atoms with E-state index >= 15 is 0 Å². The predicted octanol–water partition coefficient (Wildman–Crippen LogP) is 4.96. The molecule has 6 rings (SSSR count). The minimum atomic E-state index is -0.606. The molecule has 240 valence electrons. The van der Waals surface area contributed by atoms with E-state index < -0.39 is 18.0 Å². The quantitative estimate of drug-likeness (QED) is 0.199. The highest BCUT2D eigenvalue weighted by Crippen LogP contribution is 2.29. The van der Waals surface area contributed by atoms with Crippen molar-refractivity contribution in [1.82, 2.24) is 50.4 Å². The van der Waals surface area contributed by atoms with Crippen LogP contribution in [0.15, 0.2) is 59.3 Å². The Labute approximate surface area is 272 Å². The molecule has 0 spiro atoms. The number of aliphatic hydroxyl groups excluding tert-OH is 1. The molecular formula is C30H33BrFN11O3. The first kappa shape index (κ1) is 32.7. The molecule has 0 unspecified atom stereocenters. The number of aromatic nitrogens is 10. The van der Waals surface area contributed by atoms with Gasteiger partial charge in [-0.3, -0.25) is 14.9 Å². The number of ether oxygens (including phenoxy) is 1. The van der Waals surface area contributed by atoms with E-state index in [-0.39, 0.29) is 13.2 Å². The minimum Gasteiger partial charge on any atom is -0.441 e. The van der Waals surface area contributed by atoms with Gasteiger partial charge in [0.05, 0.1) is 31.9 Å². The number of hydrogen-bond acceptors (Lipinski definition) is 11. The van der Waals surface area contributed by atoms with Crippen LogP contribution in [0.1, 0.15) is 39.5 Å². The average molecular weight is 695 g/mol. The largest absolute Gasteiger partial charge is 0.441 e. The second-order valence-electron chi connectivity index (χ2n) is 10.4. The molecule has 0 aliphatic carbocycles. The van der Waals surface area contributed by atoms with Crippen LogP contribution in [0.4, 0.5) is 14.9 Å². The fourth-order valence-corrected chi connectivity index (χ4v) is 4.64. The SMILES string of the molecule is CCCCn1nnc(-c2ccc(-c3ccc(N4C[C@H](CO)OC4=O)cc3F)cn2)n1.CCCCn1nnc(-c2ccc(Br)cn2)n1. The van der Waals surface area contributed by atoms with Gasteiger partial charge in [0.1, 0.15) is 23.3 Å². The second-order valence-corrected chi connectivity index (χ2v) is 11.3. The molecule has 1 N–H and O–H groups in total. The molecule has 1 aliphatic heterocycles. The number of cyclic esters (lactones) is 1. The molecule has 16 heteroatoms. The molecule has 5 aromatic rings. The monoisotopic (exact) mass is 693 g/mol. The van der Waals surface area contributed by atoms with E-state index in [1.54, 1.807) is 41.5 Å². The molecule has 4 aromatic heterocycles. The maximum absolute atomic E-state index is 14.7. The van der Waals surface area contributed by atoms with Crippen LogP contribution in [0.2, 0.25) is 0 Å². The van der Waals surface area contributed by atoms with Crippen molar-refractivity contribution in [2.45, 2.75) is 58.7 Å². The highest BCUT2D eigenvalue weighted by Gasteiger charge is 2.32. The fraction of sp³-hybridized carbons (Fsp3) is 0.367. The first-order valence-electron chi connectivity index (χ1n) is 14.9. The number of hydrogen-bond donors (Lipinski definition) is 1. The molecule has 0 radical (unpaired) electrons. The third-order valence-electron chi connectivity index (χ3n) is 6.93. The highest BCUT2D eigenvalue weighted by atomic mass is 79.9. The first-order valence-corrected chi connectivity index (χ1v) is 15.7. The van der Waals surface area contributed by atoms with E-state index in [1.807, 2.05) is 12.1 Å². The van der Waals surface area contributed by atoms with Gasteiger partial charge in [-0.05, 0) is 75.6 Å². The molecule has 1 saturated heterocycles. The Morgan fingerprint density at radius 2 is 1.54 bits per heavy atom. The number of pyridine rings is 2. The highest BCUT2D eigenvalue weighted by molar-refractivity contribution is 9.10. The standard InChI is InChI=1S/C20H21FN6O3.C10H12BrN5/c1-2-3-8-27-24-19(23-25-27)18-7-4-13(10-22-18)16-6-5-14(9-17(16)21)26-11-15(12-28)30-20(26)29;1-2-3-6-16-14-10(13-15-16)9-5-4-8(11)7-12-9/h4-7,9-10,15,28H,2-3,8,11-12H2,1H3;4-5,7H,2-3,6H2,1H3/t15-;/m1./s1. The Kier molecular flexibility index (Phi) is 11.0. The van der Waals surface area contributed by atoms with Crippen LogP contribution in [0.3, 0.4) is 0 Å². The number of aliphatic hydroxyl groups is 1. The number of tetrazole rings is 2. The van der Waals surface area contributed by atoms with Crippen molar-refractivity contribution >= 4 is 27.7 Å². The molecule has 1 amide bonds. The Morgan fingerprint density at radius 1 is 0.913 bits per heavy atom. The van der Waals surface area contributed by atoms with Gasteiger partial charge in [0.15, 0.2) is 0 Å². The number of unbranched alkanes of at least 4 members (excludes halogenated alkanes) is 2. The lowest BCUT2D eigenvalue weighted by Gasteiger charge is -2.14. The van der Waals surface area contributed by atoms with E-state index in [4.69, 9.17) is 9.84 Å². The zero-order chi connectivity index (χ0) is 32.5. The van der Waals surface area contributed by atoms with E-state index in [0.717, 1.165) is 42.4 Å². The van der Waals surface area contributed by atoms with Crippen LogP contribution in [-0.4, -0.2) is 80.8 Å². The summed E-state index contributed by atoms with van der Waals surface area (Å²) in [4.78, 5) is 24.9. The molecule has 1 atom stereocenters. The fourth-order valence-electron chi connectivity index (χ4n) is 4.41. The van der Waals surface area contributed by atoms with Crippen LogP contribution in [0.25, 0.3) is 34.2 Å². The minimum absolute atomic E-state index is 0.177. The lowest BCUT2D eigenvalue weighted by atomic mass is 10.1. The summed E-state index contributed by atoms with van der Waals surface area (Å²) in [5, 5.41) is 33.7. The van der Waals surface area contributed by atoms with E-state index in [1.165, 1.54) is 15.8 Å². The van der Waals surface area contributed by atoms with Gasteiger partial charge in [0.25, 0.3) is 0 Å². The number of aryl methyl sites for hydroxylation is 2. The van der Waals surface area contributed by atoms with Crippen molar-refractivity contribution in [2.75, 3.05) is 18.1 Å². The summed E-state index contributed by atoms with van der Waals surface area (Å²) in [6.07, 6.45) is 6.24. The molecule has 0 saturated carbocycles. The van der Waals surface area contributed by atoms with Crippen LogP contribution < -0.4 is 4.90 Å². The number of rotatable bonds is 11. The molecule has 5 heterocycles. The third-order valence-corrected chi connectivity index (χ3v) is 7.40. The number of nitrogens with zero attached hydrogens (tertiary/aromatic N) is 11. The molecule has 46 heavy (non-hydrogen) atoms. The van der Waals surface area contributed by atoms with Gasteiger partial charge in [-0.2, -0.15) is 9.59 Å². The molecule has 14 nitrogen and oxygen atoms in total. The maximum atomic E-state index is 14.7. The topological polar surface area (TPSA) is 163 Å². The van der Waals surface area contributed by atoms with Crippen molar-refractivity contribution in [3.63, 3.8) is 0 Å². The Balaban J connectivity index is 0.000000219. The molecular weight excluding hydrogens is 661 g/mol. The van der Waals surface area contributed by atoms with Crippen LogP contribution >= 0.6 is 15.9 Å². The molecule has 0 bridgehead atoms. The first-order chi connectivity index (χ1) is 22.4. The van der Waals surface area contributed by atoms with Gasteiger partial charge in [-0.15, -0.1) is 20.4 Å². The van der Waals surface area contributed by atoms with Crippen LogP contribution in [-0.2, 0) is 17.8 Å². The van der Waals surface area contributed by atoms with E-state index in [0.29, 0.717) is 40.7 Å².